The molecule has 1 N–H and O–H groups in total. The van der Waals surface area contributed by atoms with Crippen molar-refractivity contribution in [1.29, 1.82) is 0 Å². The Bertz CT molecular complexity index is 934. The number of pyridine rings is 1. The van der Waals surface area contributed by atoms with Crippen LogP contribution in [0.25, 0.3) is 10.1 Å². The van der Waals surface area contributed by atoms with Crippen molar-refractivity contribution in [2.24, 2.45) is 5.92 Å². The third kappa shape index (κ3) is 4.23. The highest BCUT2D eigenvalue weighted by atomic mass is 32.1. The van der Waals surface area contributed by atoms with Gasteiger partial charge in [0.2, 0.25) is 11.0 Å². The summed E-state index contributed by atoms with van der Waals surface area (Å²) in [5, 5.41) is 15.0. The summed E-state index contributed by atoms with van der Waals surface area (Å²) in [6.07, 6.45) is 2.43. The third-order valence-electron chi connectivity index (χ3n) is 3.59. The number of hydrogen-bond acceptors (Lipinski definition) is 7. The summed E-state index contributed by atoms with van der Waals surface area (Å²) in [5.41, 5.74) is 0.364. The van der Waals surface area contributed by atoms with Gasteiger partial charge < -0.3 is 4.90 Å². The molecule has 0 unspecified atom stereocenters. The average molecular weight is 390 g/mol. The number of anilines is 1. The van der Waals surface area contributed by atoms with E-state index in [0.717, 1.165) is 21.5 Å². The van der Waals surface area contributed by atoms with E-state index in [9.17, 15) is 9.59 Å². The van der Waals surface area contributed by atoms with Gasteiger partial charge in [-0.3, -0.25) is 14.9 Å². The molecule has 0 saturated carbocycles. The van der Waals surface area contributed by atoms with E-state index in [1.807, 2.05) is 17.5 Å². The molecule has 0 saturated heterocycles. The Morgan fingerprint density at radius 3 is 2.85 bits per heavy atom. The maximum atomic E-state index is 12.6. The van der Waals surface area contributed by atoms with Gasteiger partial charge in [-0.2, -0.15) is 0 Å². The molecular formula is C17H19N5O2S2. The van der Waals surface area contributed by atoms with E-state index in [0.29, 0.717) is 16.7 Å². The summed E-state index contributed by atoms with van der Waals surface area (Å²) >= 11 is 2.82. The van der Waals surface area contributed by atoms with Gasteiger partial charge in [0, 0.05) is 19.7 Å². The molecule has 7 nitrogen and oxygen atoms in total. The number of nitrogens with one attached hydrogen (secondary N) is 1. The van der Waals surface area contributed by atoms with Crippen molar-refractivity contribution < 1.29 is 9.59 Å². The molecule has 136 valence electrons. The minimum absolute atomic E-state index is 0.0820. The summed E-state index contributed by atoms with van der Waals surface area (Å²) in [4.78, 5) is 30.4. The molecular weight excluding hydrogens is 370 g/mol. The maximum absolute atomic E-state index is 12.6. The Kier molecular flexibility index (Phi) is 5.58. The predicted molar refractivity (Wildman–Crippen MR) is 104 cm³/mol. The number of fused-ring (bicyclic) bond motifs is 1. The van der Waals surface area contributed by atoms with E-state index in [2.05, 4.69) is 34.3 Å². The Morgan fingerprint density at radius 1 is 1.27 bits per heavy atom. The third-order valence-corrected chi connectivity index (χ3v) is 5.39. The Morgan fingerprint density at radius 2 is 2.08 bits per heavy atom. The first-order valence-corrected chi connectivity index (χ1v) is 9.83. The second-order valence-electron chi connectivity index (χ2n) is 6.31. The molecule has 2 amide bonds. The molecule has 0 aliphatic rings. The number of hydrogen-bond donors (Lipinski definition) is 1. The second-order valence-corrected chi connectivity index (χ2v) is 8.29. The fraction of sp³-hybridized carbons (Fsp3) is 0.353. The lowest BCUT2D eigenvalue weighted by atomic mass is 10.1. The van der Waals surface area contributed by atoms with E-state index in [-0.39, 0.29) is 18.4 Å². The van der Waals surface area contributed by atoms with Crippen molar-refractivity contribution in [3.63, 3.8) is 0 Å². The average Bonchev–Trinajstić information content (AvgIpc) is 3.22. The highest BCUT2D eigenvalue weighted by Gasteiger charge is 2.20. The van der Waals surface area contributed by atoms with Crippen LogP contribution in [0.1, 0.15) is 29.3 Å². The molecule has 3 aromatic heterocycles. The monoisotopic (exact) mass is 389 g/mol. The first kappa shape index (κ1) is 18.4. The Labute approximate surface area is 159 Å². The smallest absolute Gasteiger partial charge is 0.274 e. The summed E-state index contributed by atoms with van der Waals surface area (Å²) < 4.78 is 0.826. The minimum Gasteiger partial charge on any atom is -0.331 e. The molecule has 0 atom stereocenters. The summed E-state index contributed by atoms with van der Waals surface area (Å²) in [6.45, 7) is 4.12. The van der Waals surface area contributed by atoms with Crippen molar-refractivity contribution in [2.75, 3.05) is 18.9 Å². The molecule has 0 spiro atoms. The molecule has 0 radical (unpaired) electrons. The molecule has 0 aromatic carbocycles. The maximum Gasteiger partial charge on any atom is 0.274 e. The lowest BCUT2D eigenvalue weighted by Crippen LogP contribution is -2.35. The van der Waals surface area contributed by atoms with Crippen LogP contribution in [0, 0.1) is 5.92 Å². The van der Waals surface area contributed by atoms with Crippen LogP contribution in [0.3, 0.4) is 0 Å². The van der Waals surface area contributed by atoms with Gasteiger partial charge in [0.15, 0.2) is 0 Å². The number of carbonyl (C=O) groups excluding carboxylic acids is 2. The van der Waals surface area contributed by atoms with Crippen LogP contribution in [-0.4, -0.2) is 45.5 Å². The molecule has 0 fully saturated rings. The van der Waals surface area contributed by atoms with Gasteiger partial charge in [0.05, 0.1) is 11.2 Å². The van der Waals surface area contributed by atoms with Crippen LogP contribution >= 0.6 is 22.7 Å². The van der Waals surface area contributed by atoms with Gasteiger partial charge in [-0.05, 0) is 28.8 Å². The van der Waals surface area contributed by atoms with E-state index in [4.69, 9.17) is 0 Å². The summed E-state index contributed by atoms with van der Waals surface area (Å²) in [5.74, 6) is -0.125. The standard InChI is InChI=1S/C17H19N5O2S2/c1-10(2)8-13-20-21-17(26-13)19-12(23)9-22(3)16(24)14-15-11(4-6-18-14)5-7-25-15/h4-7,10H,8-9H2,1-3H3,(H,19,21,23). The molecule has 0 aliphatic carbocycles. The van der Waals surface area contributed by atoms with Crippen LogP contribution in [0.4, 0.5) is 5.13 Å². The normalized spacial score (nSPS) is 11.1. The number of thiophene rings is 1. The molecule has 0 bridgehead atoms. The first-order chi connectivity index (χ1) is 12.4. The van der Waals surface area contributed by atoms with Gasteiger partial charge in [-0.1, -0.05) is 25.2 Å². The fourth-order valence-electron chi connectivity index (χ4n) is 2.41. The summed E-state index contributed by atoms with van der Waals surface area (Å²) in [7, 11) is 1.58. The number of aromatic nitrogens is 3. The van der Waals surface area contributed by atoms with Crippen LogP contribution < -0.4 is 5.32 Å². The van der Waals surface area contributed by atoms with Crippen molar-refractivity contribution in [2.45, 2.75) is 20.3 Å². The summed E-state index contributed by atoms with van der Waals surface area (Å²) in [6, 6.07) is 3.80. The molecule has 26 heavy (non-hydrogen) atoms. The highest BCUT2D eigenvalue weighted by Crippen LogP contribution is 2.24. The SMILES string of the molecule is CC(C)Cc1nnc(NC(=O)CN(C)C(=O)c2nccc3ccsc23)s1. The highest BCUT2D eigenvalue weighted by molar-refractivity contribution is 7.17. The van der Waals surface area contributed by atoms with Crippen LogP contribution in [0.2, 0.25) is 0 Å². The van der Waals surface area contributed by atoms with E-state index in [1.165, 1.54) is 27.6 Å². The van der Waals surface area contributed by atoms with Gasteiger partial charge >= 0.3 is 0 Å². The molecule has 0 aliphatic heterocycles. The van der Waals surface area contributed by atoms with Crippen LogP contribution in [0.15, 0.2) is 23.7 Å². The zero-order valence-corrected chi connectivity index (χ0v) is 16.4. The van der Waals surface area contributed by atoms with E-state index in [1.54, 1.807) is 13.2 Å². The van der Waals surface area contributed by atoms with Crippen molar-refractivity contribution in [3.8, 4) is 0 Å². The number of amides is 2. The van der Waals surface area contributed by atoms with Crippen molar-refractivity contribution >= 4 is 49.7 Å². The second kappa shape index (κ2) is 7.88. The number of carbonyl (C=O) groups is 2. The lowest BCUT2D eigenvalue weighted by Gasteiger charge is -2.16. The topological polar surface area (TPSA) is 88.1 Å². The molecule has 3 aromatic rings. The van der Waals surface area contributed by atoms with Crippen molar-refractivity contribution in [3.05, 3.63) is 34.4 Å². The Hall–Kier alpha value is -2.39. The number of nitrogens with zero attached hydrogens (tertiary/aromatic N) is 4. The van der Waals surface area contributed by atoms with Crippen LogP contribution in [-0.2, 0) is 11.2 Å². The van der Waals surface area contributed by atoms with Gasteiger partial charge in [-0.25, -0.2) is 4.98 Å². The molecule has 3 rings (SSSR count). The van der Waals surface area contributed by atoms with E-state index < -0.39 is 0 Å². The quantitative estimate of drug-likeness (QED) is 0.700. The van der Waals surface area contributed by atoms with Gasteiger partial charge in [0.25, 0.3) is 5.91 Å². The predicted octanol–water partition coefficient (Wildman–Crippen LogP) is 3.06. The lowest BCUT2D eigenvalue weighted by molar-refractivity contribution is -0.116. The zero-order valence-electron chi connectivity index (χ0n) is 14.7. The first-order valence-electron chi connectivity index (χ1n) is 8.14. The largest absolute Gasteiger partial charge is 0.331 e. The molecule has 9 heteroatoms. The van der Waals surface area contributed by atoms with Crippen LogP contribution in [0.5, 0.6) is 0 Å². The molecule has 3 heterocycles. The zero-order chi connectivity index (χ0) is 18.7. The van der Waals surface area contributed by atoms with Gasteiger partial charge in [0.1, 0.15) is 10.7 Å². The fourth-order valence-corrected chi connectivity index (χ4v) is 4.25. The van der Waals surface area contributed by atoms with Gasteiger partial charge in [-0.15, -0.1) is 21.5 Å². The Balaban J connectivity index is 1.63. The minimum atomic E-state index is -0.313. The number of likely N-dealkylation sites (N-methyl/N-ethyl adjacent to an activating group) is 1. The number of rotatable bonds is 6. The van der Waals surface area contributed by atoms with E-state index >= 15 is 0 Å². The van der Waals surface area contributed by atoms with Crippen molar-refractivity contribution in [1.82, 2.24) is 20.1 Å².